The van der Waals surface area contributed by atoms with Gasteiger partial charge in [0, 0.05) is 3.57 Å². The van der Waals surface area contributed by atoms with Crippen LogP contribution < -0.4 is 0 Å². The van der Waals surface area contributed by atoms with Gasteiger partial charge >= 0.3 is 0 Å². The lowest BCUT2D eigenvalue weighted by atomic mass is 9.83. The molecule has 0 bridgehead atoms. The Morgan fingerprint density at radius 2 is 1.65 bits per heavy atom. The molecule has 17 heavy (non-hydrogen) atoms. The van der Waals surface area contributed by atoms with E-state index in [1.165, 1.54) is 46.4 Å². The van der Waals surface area contributed by atoms with Crippen molar-refractivity contribution in [1.82, 2.24) is 0 Å². The zero-order chi connectivity index (χ0) is 11.7. The van der Waals surface area contributed by atoms with Gasteiger partial charge in [0.25, 0.3) is 0 Å². The van der Waals surface area contributed by atoms with Crippen molar-refractivity contribution in [2.45, 2.75) is 38.0 Å². The SMILES string of the molecule is Ic1c(C2CCCCC2)ccc2ccccc12. The summed E-state index contributed by atoms with van der Waals surface area (Å²) in [6.07, 6.45) is 7.02. The van der Waals surface area contributed by atoms with Crippen molar-refractivity contribution in [3.05, 3.63) is 45.5 Å². The average Bonchev–Trinajstić information content (AvgIpc) is 2.40. The monoisotopic (exact) mass is 336 g/mol. The second-order valence-electron chi connectivity index (χ2n) is 5.02. The Bertz CT molecular complexity index is 524. The molecule has 0 aromatic heterocycles. The van der Waals surface area contributed by atoms with Gasteiger partial charge in [-0.1, -0.05) is 55.7 Å². The van der Waals surface area contributed by atoms with E-state index in [0.29, 0.717) is 0 Å². The van der Waals surface area contributed by atoms with Crippen molar-refractivity contribution in [2.24, 2.45) is 0 Å². The Hall–Kier alpha value is -0.570. The Morgan fingerprint density at radius 1 is 0.882 bits per heavy atom. The van der Waals surface area contributed by atoms with Crippen molar-refractivity contribution >= 4 is 33.4 Å². The fourth-order valence-corrected chi connectivity index (χ4v) is 4.09. The second-order valence-corrected chi connectivity index (χ2v) is 6.10. The van der Waals surface area contributed by atoms with Crippen LogP contribution in [0.5, 0.6) is 0 Å². The lowest BCUT2D eigenvalue weighted by molar-refractivity contribution is 0.443. The molecule has 0 spiro atoms. The molecule has 0 nitrogen and oxygen atoms in total. The first-order valence-electron chi connectivity index (χ1n) is 6.53. The molecule has 1 heteroatoms. The maximum Gasteiger partial charge on any atom is 0.0243 e. The Morgan fingerprint density at radius 3 is 2.47 bits per heavy atom. The molecular weight excluding hydrogens is 319 g/mol. The van der Waals surface area contributed by atoms with E-state index in [4.69, 9.17) is 0 Å². The van der Waals surface area contributed by atoms with E-state index in [1.54, 1.807) is 5.56 Å². The molecule has 2 aromatic carbocycles. The minimum absolute atomic E-state index is 0.806. The summed E-state index contributed by atoms with van der Waals surface area (Å²) >= 11 is 2.54. The van der Waals surface area contributed by atoms with Crippen LogP contribution in [0.3, 0.4) is 0 Å². The molecule has 0 radical (unpaired) electrons. The number of halogens is 1. The lowest BCUT2D eigenvalue weighted by Gasteiger charge is -2.23. The molecule has 1 aliphatic carbocycles. The number of fused-ring (bicyclic) bond motifs is 1. The summed E-state index contributed by atoms with van der Waals surface area (Å²) in [4.78, 5) is 0. The van der Waals surface area contributed by atoms with E-state index in [9.17, 15) is 0 Å². The highest BCUT2D eigenvalue weighted by molar-refractivity contribution is 14.1. The van der Waals surface area contributed by atoms with Crippen LogP contribution in [0.25, 0.3) is 10.8 Å². The van der Waals surface area contributed by atoms with Crippen molar-refractivity contribution in [2.75, 3.05) is 0 Å². The van der Waals surface area contributed by atoms with E-state index in [1.807, 2.05) is 0 Å². The summed E-state index contributed by atoms with van der Waals surface area (Å²) in [5.74, 6) is 0.806. The van der Waals surface area contributed by atoms with Crippen molar-refractivity contribution in [3.63, 3.8) is 0 Å². The van der Waals surface area contributed by atoms with Gasteiger partial charge in [0.05, 0.1) is 0 Å². The van der Waals surface area contributed by atoms with E-state index < -0.39 is 0 Å². The van der Waals surface area contributed by atoms with Gasteiger partial charge in [-0.15, -0.1) is 0 Å². The van der Waals surface area contributed by atoms with Crippen LogP contribution in [0, 0.1) is 3.57 Å². The topological polar surface area (TPSA) is 0 Å². The molecule has 0 N–H and O–H groups in total. The first-order chi connectivity index (χ1) is 8.36. The van der Waals surface area contributed by atoms with Gasteiger partial charge in [-0.3, -0.25) is 0 Å². The first kappa shape index (κ1) is 11.5. The average molecular weight is 336 g/mol. The Labute approximate surface area is 117 Å². The minimum Gasteiger partial charge on any atom is -0.0616 e. The molecule has 3 rings (SSSR count). The Balaban J connectivity index is 2.07. The first-order valence-corrected chi connectivity index (χ1v) is 7.61. The van der Waals surface area contributed by atoms with E-state index in [-0.39, 0.29) is 0 Å². The number of hydrogen-bond donors (Lipinski definition) is 0. The van der Waals surface area contributed by atoms with E-state index in [0.717, 1.165) is 5.92 Å². The normalized spacial score (nSPS) is 17.5. The van der Waals surface area contributed by atoms with Crippen LogP contribution in [-0.4, -0.2) is 0 Å². The minimum atomic E-state index is 0.806. The largest absolute Gasteiger partial charge is 0.0616 e. The van der Waals surface area contributed by atoms with Crippen LogP contribution in [0.4, 0.5) is 0 Å². The molecule has 1 saturated carbocycles. The summed E-state index contributed by atoms with van der Waals surface area (Å²) < 4.78 is 1.48. The maximum absolute atomic E-state index is 2.54. The zero-order valence-electron chi connectivity index (χ0n) is 9.95. The van der Waals surface area contributed by atoms with Gasteiger partial charge < -0.3 is 0 Å². The smallest absolute Gasteiger partial charge is 0.0243 e. The molecule has 0 atom stereocenters. The predicted molar refractivity (Wildman–Crippen MR) is 82.5 cm³/mol. The highest BCUT2D eigenvalue weighted by Gasteiger charge is 2.18. The fourth-order valence-electron chi connectivity index (χ4n) is 2.98. The van der Waals surface area contributed by atoms with Crippen molar-refractivity contribution < 1.29 is 0 Å². The van der Waals surface area contributed by atoms with Gasteiger partial charge in [-0.2, -0.15) is 0 Å². The van der Waals surface area contributed by atoms with Crippen molar-refractivity contribution in [1.29, 1.82) is 0 Å². The van der Waals surface area contributed by atoms with E-state index >= 15 is 0 Å². The standard InChI is InChI=1S/C16H17I/c17-16-14-9-5-4-8-13(14)10-11-15(16)12-6-2-1-3-7-12/h4-5,8-12H,1-3,6-7H2. The molecular formula is C16H17I. The van der Waals surface area contributed by atoms with Crippen LogP contribution in [-0.2, 0) is 0 Å². The zero-order valence-corrected chi connectivity index (χ0v) is 12.1. The molecule has 1 fully saturated rings. The van der Waals surface area contributed by atoms with Crippen LogP contribution in [0.1, 0.15) is 43.6 Å². The summed E-state index contributed by atoms with van der Waals surface area (Å²) in [7, 11) is 0. The van der Waals surface area contributed by atoms with Gasteiger partial charge in [-0.05, 0) is 57.7 Å². The molecule has 0 heterocycles. The molecule has 0 amide bonds. The number of rotatable bonds is 1. The third kappa shape index (κ3) is 2.22. The second kappa shape index (κ2) is 4.97. The summed E-state index contributed by atoms with van der Waals surface area (Å²) in [5.41, 5.74) is 1.59. The summed E-state index contributed by atoms with van der Waals surface area (Å²) in [5, 5.41) is 2.80. The summed E-state index contributed by atoms with van der Waals surface area (Å²) in [6.45, 7) is 0. The summed E-state index contributed by atoms with van der Waals surface area (Å²) in [6, 6.07) is 13.4. The maximum atomic E-state index is 2.54. The van der Waals surface area contributed by atoms with Crippen LogP contribution in [0.2, 0.25) is 0 Å². The molecule has 0 saturated heterocycles. The fraction of sp³-hybridized carbons (Fsp3) is 0.375. The third-order valence-electron chi connectivity index (χ3n) is 3.94. The van der Waals surface area contributed by atoms with Gasteiger partial charge in [0.1, 0.15) is 0 Å². The third-order valence-corrected chi connectivity index (χ3v) is 5.14. The Kier molecular flexibility index (Phi) is 3.37. The van der Waals surface area contributed by atoms with Crippen LogP contribution in [0.15, 0.2) is 36.4 Å². The van der Waals surface area contributed by atoms with Crippen LogP contribution >= 0.6 is 22.6 Å². The molecule has 0 aliphatic heterocycles. The molecule has 0 unspecified atom stereocenters. The van der Waals surface area contributed by atoms with Gasteiger partial charge in [0.15, 0.2) is 0 Å². The highest BCUT2D eigenvalue weighted by atomic mass is 127. The quantitative estimate of drug-likeness (QED) is 0.604. The van der Waals surface area contributed by atoms with Gasteiger partial charge in [-0.25, -0.2) is 0 Å². The highest BCUT2D eigenvalue weighted by Crippen LogP contribution is 2.37. The molecule has 88 valence electrons. The lowest BCUT2D eigenvalue weighted by Crippen LogP contribution is -2.06. The predicted octanol–water partition coefficient (Wildman–Crippen LogP) is 5.49. The molecule has 2 aromatic rings. The van der Waals surface area contributed by atoms with E-state index in [2.05, 4.69) is 59.0 Å². The number of benzene rings is 2. The number of hydrogen-bond acceptors (Lipinski definition) is 0. The van der Waals surface area contributed by atoms with Gasteiger partial charge in [0.2, 0.25) is 0 Å². The van der Waals surface area contributed by atoms with Crippen molar-refractivity contribution in [3.8, 4) is 0 Å². The molecule has 1 aliphatic rings.